The Kier molecular flexibility index (Phi) is 10.1. The number of nitrogens with one attached hydrogen (secondary N) is 3. The van der Waals surface area contributed by atoms with Crippen molar-refractivity contribution in [1.29, 1.82) is 0 Å². The molecule has 2 heterocycles. The Morgan fingerprint density at radius 2 is 1.93 bits per heavy atom. The second kappa shape index (κ2) is 13.6. The fourth-order valence-corrected chi connectivity index (χ4v) is 6.00. The van der Waals surface area contributed by atoms with Gasteiger partial charge in [-0.15, -0.1) is 11.3 Å². The van der Waals surface area contributed by atoms with Gasteiger partial charge in [-0.25, -0.2) is 4.39 Å². The van der Waals surface area contributed by atoms with E-state index in [4.69, 9.17) is 0 Å². The standard InChI is InChI=1S/C29H30F6N4O2S/c1-3-39-12-9-17(10-13-39)38-22-7-4-6-18-20(16-29(33,34)35)25(42-26(18)22)8-5-11-37-23-15-21(30)19(27(40)36-2)14-24(23)41-28(31)32/h4,6-7,14-15,17,28,37-38H,3,9-13,16H2,1-2H3,(H,36,40). The zero-order chi connectivity index (χ0) is 30.4. The first-order valence-electron chi connectivity index (χ1n) is 13.3. The molecule has 226 valence electrons. The molecule has 1 aromatic heterocycles. The number of anilines is 2. The van der Waals surface area contributed by atoms with Crippen molar-refractivity contribution < 1.29 is 35.9 Å². The summed E-state index contributed by atoms with van der Waals surface area (Å²) in [4.78, 5) is 14.4. The number of halogens is 6. The minimum Gasteiger partial charge on any atom is -0.433 e. The Morgan fingerprint density at radius 3 is 2.57 bits per heavy atom. The van der Waals surface area contributed by atoms with Crippen molar-refractivity contribution in [2.24, 2.45) is 0 Å². The zero-order valence-electron chi connectivity index (χ0n) is 22.9. The maximum atomic E-state index is 14.5. The fraction of sp³-hybridized carbons (Fsp3) is 0.414. The van der Waals surface area contributed by atoms with Crippen LogP contribution in [0.15, 0.2) is 30.3 Å². The Morgan fingerprint density at radius 1 is 1.19 bits per heavy atom. The minimum absolute atomic E-state index is 0.0575. The van der Waals surface area contributed by atoms with E-state index in [0.717, 1.165) is 61.6 Å². The summed E-state index contributed by atoms with van der Waals surface area (Å²) in [7, 11) is 1.26. The van der Waals surface area contributed by atoms with Gasteiger partial charge < -0.3 is 25.6 Å². The summed E-state index contributed by atoms with van der Waals surface area (Å²) in [6, 6.07) is 7.07. The van der Waals surface area contributed by atoms with Crippen LogP contribution in [0.4, 0.5) is 37.7 Å². The summed E-state index contributed by atoms with van der Waals surface area (Å²) in [6.45, 7) is 1.50. The number of hydrogen-bond donors (Lipinski definition) is 3. The van der Waals surface area contributed by atoms with Crippen LogP contribution >= 0.6 is 11.3 Å². The van der Waals surface area contributed by atoms with E-state index in [1.165, 1.54) is 7.05 Å². The van der Waals surface area contributed by atoms with Crippen molar-refractivity contribution in [2.45, 2.75) is 45.0 Å². The average Bonchev–Trinajstić information content (AvgIpc) is 3.28. The topological polar surface area (TPSA) is 65.6 Å². The number of fused-ring (bicyclic) bond motifs is 1. The summed E-state index contributed by atoms with van der Waals surface area (Å²) in [5, 5.41) is 8.83. The van der Waals surface area contributed by atoms with Gasteiger partial charge in [0, 0.05) is 32.2 Å². The molecule has 2 aromatic carbocycles. The lowest BCUT2D eigenvalue weighted by Crippen LogP contribution is -2.38. The molecule has 0 bridgehead atoms. The molecule has 0 atom stereocenters. The number of amides is 1. The SMILES string of the molecule is CCN1CCC(Nc2cccc3c(CC(F)(F)F)c(C#CCNc4cc(F)c(C(=O)NC)cc4OC(F)F)sc23)CC1. The molecular formula is C29H30F6N4O2S. The molecule has 3 N–H and O–H groups in total. The summed E-state index contributed by atoms with van der Waals surface area (Å²) >= 11 is 1.15. The summed E-state index contributed by atoms with van der Waals surface area (Å²) in [5.41, 5.74) is 0.124. The van der Waals surface area contributed by atoms with Gasteiger partial charge >= 0.3 is 12.8 Å². The molecule has 0 saturated carbocycles. The maximum Gasteiger partial charge on any atom is 0.393 e. The third kappa shape index (κ3) is 7.80. The minimum atomic E-state index is -4.47. The number of nitrogens with zero attached hydrogens (tertiary/aromatic N) is 1. The lowest BCUT2D eigenvalue weighted by atomic mass is 10.0. The van der Waals surface area contributed by atoms with E-state index < -0.39 is 42.2 Å². The Labute approximate surface area is 243 Å². The number of benzene rings is 2. The molecule has 3 aromatic rings. The molecule has 1 aliphatic heterocycles. The maximum absolute atomic E-state index is 14.5. The predicted molar refractivity (Wildman–Crippen MR) is 152 cm³/mol. The average molecular weight is 613 g/mol. The van der Waals surface area contributed by atoms with Crippen LogP contribution in [0.2, 0.25) is 0 Å². The van der Waals surface area contributed by atoms with Gasteiger partial charge in [-0.1, -0.05) is 30.9 Å². The van der Waals surface area contributed by atoms with Gasteiger partial charge in [-0.2, -0.15) is 22.0 Å². The van der Waals surface area contributed by atoms with Gasteiger partial charge in [0.1, 0.15) is 11.6 Å². The lowest BCUT2D eigenvalue weighted by Gasteiger charge is -2.32. The lowest BCUT2D eigenvalue weighted by molar-refractivity contribution is -0.127. The molecule has 4 rings (SSSR count). The van der Waals surface area contributed by atoms with Crippen LogP contribution < -0.4 is 20.7 Å². The van der Waals surface area contributed by atoms with Crippen LogP contribution in [0.5, 0.6) is 5.75 Å². The Hall–Kier alpha value is -3.63. The summed E-state index contributed by atoms with van der Waals surface area (Å²) in [6.07, 6.45) is -3.79. The van der Waals surface area contributed by atoms with E-state index in [0.29, 0.717) is 10.1 Å². The van der Waals surface area contributed by atoms with E-state index in [1.807, 2.05) is 6.07 Å². The third-order valence-electron chi connectivity index (χ3n) is 6.92. The molecule has 1 amide bonds. The first kappa shape index (κ1) is 31.3. The largest absolute Gasteiger partial charge is 0.433 e. The monoisotopic (exact) mass is 612 g/mol. The van der Waals surface area contributed by atoms with Crippen molar-refractivity contribution in [1.82, 2.24) is 10.2 Å². The number of carbonyl (C=O) groups is 1. The summed E-state index contributed by atoms with van der Waals surface area (Å²) in [5.74, 6) is 3.19. The van der Waals surface area contributed by atoms with Gasteiger partial charge in [0.05, 0.1) is 39.5 Å². The Bertz CT molecular complexity index is 1470. The van der Waals surface area contributed by atoms with E-state index in [2.05, 4.69) is 44.4 Å². The van der Waals surface area contributed by atoms with Crippen molar-refractivity contribution >= 4 is 38.7 Å². The number of ether oxygens (including phenoxy) is 1. The number of hydrogen-bond acceptors (Lipinski definition) is 6. The first-order valence-corrected chi connectivity index (χ1v) is 14.1. The highest BCUT2D eigenvalue weighted by Gasteiger charge is 2.31. The second-order valence-corrected chi connectivity index (χ2v) is 10.7. The van der Waals surface area contributed by atoms with Gasteiger partial charge in [-0.3, -0.25) is 4.79 Å². The predicted octanol–water partition coefficient (Wildman–Crippen LogP) is 6.47. The zero-order valence-corrected chi connectivity index (χ0v) is 23.7. The normalized spacial score (nSPS) is 14.5. The van der Waals surface area contributed by atoms with Crippen LogP contribution in [-0.4, -0.2) is 62.9 Å². The molecular weight excluding hydrogens is 582 g/mol. The molecule has 0 unspecified atom stereocenters. The van der Waals surface area contributed by atoms with Crippen LogP contribution in [0.25, 0.3) is 10.1 Å². The molecule has 0 aliphatic carbocycles. The number of rotatable bonds is 9. The molecule has 1 fully saturated rings. The van der Waals surface area contributed by atoms with Gasteiger partial charge in [0.15, 0.2) is 0 Å². The smallest absolute Gasteiger partial charge is 0.393 e. The highest BCUT2D eigenvalue weighted by molar-refractivity contribution is 7.20. The number of alkyl halides is 5. The molecule has 1 aliphatic rings. The van der Waals surface area contributed by atoms with Gasteiger partial charge in [0.2, 0.25) is 0 Å². The number of piperidine rings is 1. The molecule has 6 nitrogen and oxygen atoms in total. The quantitative estimate of drug-likeness (QED) is 0.191. The fourth-order valence-electron chi connectivity index (χ4n) is 4.83. The van der Waals surface area contributed by atoms with Crippen molar-refractivity contribution in [2.75, 3.05) is 43.9 Å². The number of likely N-dealkylation sites (tertiary alicyclic amines) is 1. The summed E-state index contributed by atoms with van der Waals surface area (Å²) < 4.78 is 86.2. The van der Waals surface area contributed by atoms with E-state index >= 15 is 0 Å². The molecule has 1 saturated heterocycles. The van der Waals surface area contributed by atoms with Crippen LogP contribution in [0.1, 0.15) is 40.6 Å². The second-order valence-electron chi connectivity index (χ2n) is 9.68. The number of thiophene rings is 1. The molecule has 0 radical (unpaired) electrons. The van der Waals surface area contributed by atoms with Gasteiger partial charge in [-0.05, 0) is 42.5 Å². The first-order chi connectivity index (χ1) is 20.0. The molecule has 13 heteroatoms. The van der Waals surface area contributed by atoms with E-state index in [9.17, 15) is 31.1 Å². The van der Waals surface area contributed by atoms with Crippen molar-refractivity contribution in [3.05, 3.63) is 52.2 Å². The molecule has 42 heavy (non-hydrogen) atoms. The van der Waals surface area contributed by atoms with Gasteiger partial charge in [0.25, 0.3) is 5.91 Å². The van der Waals surface area contributed by atoms with E-state index in [-0.39, 0.29) is 28.7 Å². The van der Waals surface area contributed by atoms with Crippen LogP contribution in [0, 0.1) is 17.7 Å². The highest BCUT2D eigenvalue weighted by atomic mass is 32.1. The van der Waals surface area contributed by atoms with Crippen molar-refractivity contribution in [3.8, 4) is 17.6 Å². The van der Waals surface area contributed by atoms with Crippen molar-refractivity contribution in [3.63, 3.8) is 0 Å². The van der Waals surface area contributed by atoms with Crippen LogP contribution in [0.3, 0.4) is 0 Å². The third-order valence-corrected chi connectivity index (χ3v) is 8.11. The highest BCUT2D eigenvalue weighted by Crippen LogP contribution is 2.39. The molecule has 0 spiro atoms. The van der Waals surface area contributed by atoms with E-state index in [1.54, 1.807) is 12.1 Å². The Balaban J connectivity index is 1.60. The van der Waals surface area contributed by atoms with Crippen LogP contribution in [-0.2, 0) is 6.42 Å². The number of carbonyl (C=O) groups excluding carboxylic acids is 1.